The van der Waals surface area contributed by atoms with Crippen LogP contribution in [0.25, 0.3) is 0 Å². The second-order valence-corrected chi connectivity index (χ2v) is 7.08. The number of para-hydroxylation sites is 2. The minimum atomic E-state index is -0.276. The summed E-state index contributed by atoms with van der Waals surface area (Å²) in [6, 6.07) is 6.88. The van der Waals surface area contributed by atoms with Gasteiger partial charge in [0.2, 0.25) is 0 Å². The SMILES string of the molecule is CCCCCCCCCC(=O)Oc1ccccc1OC(=O)CCCCCC. The van der Waals surface area contributed by atoms with Crippen LogP contribution in [-0.4, -0.2) is 11.9 Å². The highest BCUT2D eigenvalue weighted by molar-refractivity contribution is 5.76. The van der Waals surface area contributed by atoms with E-state index in [2.05, 4.69) is 13.8 Å². The van der Waals surface area contributed by atoms with Crippen LogP contribution in [0.1, 0.15) is 97.3 Å². The van der Waals surface area contributed by atoms with E-state index in [1.54, 1.807) is 24.3 Å². The summed E-state index contributed by atoms with van der Waals surface area (Å²) in [5, 5.41) is 0. The lowest BCUT2D eigenvalue weighted by Crippen LogP contribution is -2.12. The maximum atomic E-state index is 12.1. The van der Waals surface area contributed by atoms with Crippen molar-refractivity contribution < 1.29 is 19.1 Å². The highest BCUT2D eigenvalue weighted by atomic mass is 16.6. The number of benzene rings is 1. The fraction of sp³-hybridized carbons (Fsp3) is 0.652. The molecule has 0 aliphatic rings. The molecule has 0 amide bonds. The van der Waals surface area contributed by atoms with Crippen molar-refractivity contribution in [2.24, 2.45) is 0 Å². The third-order valence-corrected chi connectivity index (χ3v) is 4.52. The molecule has 0 spiro atoms. The summed E-state index contributed by atoms with van der Waals surface area (Å²) in [4.78, 5) is 24.0. The van der Waals surface area contributed by atoms with Gasteiger partial charge in [-0.15, -0.1) is 0 Å². The van der Waals surface area contributed by atoms with Crippen LogP contribution in [0.15, 0.2) is 24.3 Å². The van der Waals surface area contributed by atoms with Crippen LogP contribution in [0.4, 0.5) is 0 Å². The third kappa shape index (κ3) is 11.5. The molecule has 152 valence electrons. The molecule has 27 heavy (non-hydrogen) atoms. The Bertz CT molecular complexity index is 539. The zero-order valence-electron chi connectivity index (χ0n) is 17.1. The lowest BCUT2D eigenvalue weighted by Gasteiger charge is -2.10. The second kappa shape index (κ2) is 15.2. The molecule has 0 bridgehead atoms. The van der Waals surface area contributed by atoms with Gasteiger partial charge in [0.1, 0.15) is 0 Å². The van der Waals surface area contributed by atoms with Crippen molar-refractivity contribution in [3.05, 3.63) is 24.3 Å². The number of hydrogen-bond acceptors (Lipinski definition) is 4. The molecule has 1 rings (SSSR count). The molecule has 0 atom stereocenters. The first-order valence-corrected chi connectivity index (χ1v) is 10.7. The van der Waals surface area contributed by atoms with Crippen LogP contribution >= 0.6 is 0 Å². The Kier molecular flexibility index (Phi) is 13.1. The van der Waals surface area contributed by atoms with Gasteiger partial charge in [0.05, 0.1) is 0 Å². The smallest absolute Gasteiger partial charge is 0.311 e. The molecule has 0 aromatic heterocycles. The first-order chi connectivity index (χ1) is 13.2. The molecule has 0 saturated carbocycles. The topological polar surface area (TPSA) is 52.6 Å². The Hall–Kier alpha value is -1.84. The van der Waals surface area contributed by atoms with Crippen LogP contribution in [0.5, 0.6) is 11.5 Å². The fourth-order valence-corrected chi connectivity index (χ4v) is 2.89. The number of rotatable bonds is 15. The summed E-state index contributed by atoms with van der Waals surface area (Å²) < 4.78 is 10.8. The summed E-state index contributed by atoms with van der Waals surface area (Å²) in [7, 11) is 0. The summed E-state index contributed by atoms with van der Waals surface area (Å²) in [6.07, 6.45) is 13.0. The molecular formula is C23H36O4. The number of esters is 2. The molecule has 1 aromatic carbocycles. The zero-order chi connectivity index (χ0) is 19.7. The van der Waals surface area contributed by atoms with Gasteiger partial charge in [-0.25, -0.2) is 0 Å². The third-order valence-electron chi connectivity index (χ3n) is 4.52. The average molecular weight is 377 g/mol. The van der Waals surface area contributed by atoms with Gasteiger partial charge in [0.25, 0.3) is 0 Å². The first kappa shape index (κ1) is 23.2. The number of carbonyl (C=O) groups excluding carboxylic acids is 2. The van der Waals surface area contributed by atoms with E-state index < -0.39 is 0 Å². The van der Waals surface area contributed by atoms with Crippen molar-refractivity contribution in [3.63, 3.8) is 0 Å². The lowest BCUT2D eigenvalue weighted by molar-refractivity contribution is -0.137. The van der Waals surface area contributed by atoms with Crippen LogP contribution < -0.4 is 9.47 Å². The van der Waals surface area contributed by atoms with Crippen molar-refractivity contribution in [1.82, 2.24) is 0 Å². The molecular weight excluding hydrogens is 340 g/mol. The molecule has 0 N–H and O–H groups in total. The molecule has 0 radical (unpaired) electrons. The largest absolute Gasteiger partial charge is 0.423 e. The number of hydrogen-bond donors (Lipinski definition) is 0. The minimum Gasteiger partial charge on any atom is -0.423 e. The Balaban J connectivity index is 2.33. The molecule has 0 unspecified atom stereocenters. The lowest BCUT2D eigenvalue weighted by atomic mass is 10.1. The molecule has 4 nitrogen and oxygen atoms in total. The van der Waals surface area contributed by atoms with Gasteiger partial charge < -0.3 is 9.47 Å². The minimum absolute atomic E-state index is 0.269. The summed E-state index contributed by atoms with van der Waals surface area (Å²) >= 11 is 0. The van der Waals surface area contributed by atoms with Crippen LogP contribution in [0, 0.1) is 0 Å². The summed E-state index contributed by atoms with van der Waals surface area (Å²) in [5.74, 6) is 0.106. The maximum absolute atomic E-state index is 12.1. The number of unbranched alkanes of at least 4 members (excludes halogenated alkanes) is 9. The Morgan fingerprint density at radius 1 is 0.630 bits per heavy atom. The van der Waals surface area contributed by atoms with Gasteiger partial charge in [-0.1, -0.05) is 83.8 Å². The van der Waals surface area contributed by atoms with Crippen molar-refractivity contribution in [2.75, 3.05) is 0 Å². The van der Waals surface area contributed by atoms with Crippen molar-refractivity contribution >= 4 is 11.9 Å². The highest BCUT2D eigenvalue weighted by Gasteiger charge is 2.13. The summed E-state index contributed by atoms with van der Waals surface area (Å²) in [6.45, 7) is 4.34. The average Bonchev–Trinajstić information content (AvgIpc) is 2.66. The van der Waals surface area contributed by atoms with E-state index in [0.717, 1.165) is 38.5 Å². The van der Waals surface area contributed by atoms with Gasteiger partial charge in [0.15, 0.2) is 11.5 Å². The Labute approximate surface area is 164 Å². The zero-order valence-corrected chi connectivity index (χ0v) is 17.1. The second-order valence-electron chi connectivity index (χ2n) is 7.08. The van der Waals surface area contributed by atoms with E-state index in [1.807, 2.05) is 0 Å². The quantitative estimate of drug-likeness (QED) is 0.196. The molecule has 4 heteroatoms. The molecule has 0 saturated heterocycles. The van der Waals surface area contributed by atoms with E-state index >= 15 is 0 Å². The molecule has 0 aliphatic carbocycles. The highest BCUT2D eigenvalue weighted by Crippen LogP contribution is 2.27. The van der Waals surface area contributed by atoms with E-state index in [4.69, 9.17) is 9.47 Å². The molecule has 0 aliphatic heterocycles. The van der Waals surface area contributed by atoms with Gasteiger partial charge in [0, 0.05) is 12.8 Å². The van der Waals surface area contributed by atoms with Gasteiger partial charge >= 0.3 is 11.9 Å². The van der Waals surface area contributed by atoms with Crippen molar-refractivity contribution in [2.45, 2.75) is 97.3 Å². The monoisotopic (exact) mass is 376 g/mol. The standard InChI is InChI=1S/C23H36O4/c1-3-5-7-9-10-11-13-19-23(25)27-21-17-15-14-16-20(21)26-22(24)18-12-8-6-4-2/h14-17H,3-13,18-19H2,1-2H3. The molecule has 0 heterocycles. The first-order valence-electron chi connectivity index (χ1n) is 10.7. The van der Waals surface area contributed by atoms with Crippen molar-refractivity contribution in [1.29, 1.82) is 0 Å². The Morgan fingerprint density at radius 3 is 1.44 bits per heavy atom. The summed E-state index contributed by atoms with van der Waals surface area (Å²) in [5.41, 5.74) is 0. The fourth-order valence-electron chi connectivity index (χ4n) is 2.89. The predicted octanol–water partition coefficient (Wildman–Crippen LogP) is 6.61. The van der Waals surface area contributed by atoms with Crippen LogP contribution in [0.3, 0.4) is 0 Å². The van der Waals surface area contributed by atoms with Gasteiger partial charge in [-0.2, -0.15) is 0 Å². The predicted molar refractivity (Wildman–Crippen MR) is 109 cm³/mol. The van der Waals surface area contributed by atoms with Crippen LogP contribution in [0.2, 0.25) is 0 Å². The van der Waals surface area contributed by atoms with E-state index in [9.17, 15) is 9.59 Å². The van der Waals surface area contributed by atoms with Gasteiger partial charge in [-0.05, 0) is 25.0 Å². The molecule has 0 fully saturated rings. The molecule has 1 aromatic rings. The maximum Gasteiger partial charge on any atom is 0.311 e. The van der Waals surface area contributed by atoms with E-state index in [-0.39, 0.29) is 11.9 Å². The van der Waals surface area contributed by atoms with E-state index in [1.165, 1.54) is 32.1 Å². The van der Waals surface area contributed by atoms with Crippen LogP contribution in [-0.2, 0) is 9.59 Å². The van der Waals surface area contributed by atoms with Crippen molar-refractivity contribution in [3.8, 4) is 11.5 Å². The van der Waals surface area contributed by atoms with Gasteiger partial charge in [-0.3, -0.25) is 9.59 Å². The normalized spacial score (nSPS) is 10.6. The number of ether oxygens (including phenoxy) is 2. The number of carbonyl (C=O) groups is 2. The Morgan fingerprint density at radius 2 is 1.00 bits per heavy atom. The van der Waals surface area contributed by atoms with E-state index in [0.29, 0.717) is 24.3 Å².